The lowest BCUT2D eigenvalue weighted by Crippen LogP contribution is -2.18. The van der Waals surface area contributed by atoms with E-state index in [4.69, 9.17) is 4.74 Å². The molecule has 18 heavy (non-hydrogen) atoms. The second-order valence-corrected chi connectivity index (χ2v) is 3.86. The van der Waals surface area contributed by atoms with E-state index in [1.165, 1.54) is 0 Å². The summed E-state index contributed by atoms with van der Waals surface area (Å²) in [6.45, 7) is 0. The molecule has 3 heteroatoms. The maximum Gasteiger partial charge on any atom is 0.251 e. The number of hydrogen-bond donors (Lipinski definition) is 1. The molecule has 1 amide bonds. The molecule has 0 fully saturated rings. The summed E-state index contributed by atoms with van der Waals surface area (Å²) in [5.41, 5.74) is 2.51. The third-order valence-corrected chi connectivity index (χ3v) is 2.78. The van der Waals surface area contributed by atoms with Gasteiger partial charge in [-0.1, -0.05) is 30.3 Å². The number of carbonyl (C=O) groups excluding carboxylic acids is 1. The molecule has 1 N–H and O–H groups in total. The minimum absolute atomic E-state index is 0.100. The predicted octanol–water partition coefficient (Wildman–Crippen LogP) is 2.72. The van der Waals surface area contributed by atoms with Gasteiger partial charge in [0.25, 0.3) is 5.91 Å². The Labute approximate surface area is 106 Å². The summed E-state index contributed by atoms with van der Waals surface area (Å²) >= 11 is 0. The molecule has 2 aromatic rings. The van der Waals surface area contributed by atoms with Crippen molar-refractivity contribution in [3.8, 4) is 16.9 Å². The smallest absolute Gasteiger partial charge is 0.251 e. The van der Waals surface area contributed by atoms with E-state index < -0.39 is 0 Å². The molecule has 0 atom stereocenters. The highest BCUT2D eigenvalue weighted by Crippen LogP contribution is 2.27. The molecule has 0 bridgehead atoms. The van der Waals surface area contributed by atoms with Crippen molar-refractivity contribution in [2.24, 2.45) is 0 Å². The summed E-state index contributed by atoms with van der Waals surface area (Å²) in [5, 5.41) is 2.65. The largest absolute Gasteiger partial charge is 0.497 e. The molecule has 0 heterocycles. The number of carbonyl (C=O) groups is 1. The van der Waals surface area contributed by atoms with Gasteiger partial charge in [-0.2, -0.15) is 0 Å². The highest BCUT2D eigenvalue weighted by molar-refractivity contribution is 6.01. The summed E-state index contributed by atoms with van der Waals surface area (Å²) in [6, 6.07) is 15.2. The molecule has 0 aliphatic rings. The van der Waals surface area contributed by atoms with Gasteiger partial charge in [-0.15, -0.1) is 0 Å². The first-order valence-electron chi connectivity index (χ1n) is 5.72. The van der Waals surface area contributed by atoms with Crippen LogP contribution in [0, 0.1) is 0 Å². The zero-order valence-electron chi connectivity index (χ0n) is 10.4. The topological polar surface area (TPSA) is 38.3 Å². The van der Waals surface area contributed by atoms with Crippen LogP contribution >= 0.6 is 0 Å². The van der Waals surface area contributed by atoms with Crippen molar-refractivity contribution < 1.29 is 9.53 Å². The lowest BCUT2D eigenvalue weighted by molar-refractivity contribution is 0.0963. The van der Waals surface area contributed by atoms with Gasteiger partial charge >= 0.3 is 0 Å². The summed E-state index contributed by atoms with van der Waals surface area (Å²) in [6.07, 6.45) is 0. The van der Waals surface area contributed by atoms with Crippen LogP contribution in [0.2, 0.25) is 0 Å². The highest BCUT2D eigenvalue weighted by Gasteiger charge is 2.12. The van der Waals surface area contributed by atoms with Crippen LogP contribution in [0.1, 0.15) is 10.4 Å². The second kappa shape index (κ2) is 5.36. The monoisotopic (exact) mass is 241 g/mol. The van der Waals surface area contributed by atoms with Crippen molar-refractivity contribution in [3.63, 3.8) is 0 Å². The number of nitrogens with one attached hydrogen (secondary N) is 1. The predicted molar refractivity (Wildman–Crippen MR) is 71.8 cm³/mol. The maximum atomic E-state index is 11.9. The van der Waals surface area contributed by atoms with E-state index in [2.05, 4.69) is 5.32 Å². The number of hydrogen-bond acceptors (Lipinski definition) is 2. The Bertz CT molecular complexity index is 550. The lowest BCUT2D eigenvalue weighted by atomic mass is 9.99. The number of ether oxygens (including phenoxy) is 1. The van der Waals surface area contributed by atoms with Gasteiger partial charge in [0.2, 0.25) is 0 Å². The van der Waals surface area contributed by atoms with Crippen molar-refractivity contribution in [2.75, 3.05) is 14.2 Å². The zero-order valence-corrected chi connectivity index (χ0v) is 10.4. The summed E-state index contributed by atoms with van der Waals surface area (Å²) in [5.74, 6) is 0.637. The van der Waals surface area contributed by atoms with Crippen LogP contribution in [0.15, 0.2) is 48.5 Å². The van der Waals surface area contributed by atoms with Crippen molar-refractivity contribution in [2.45, 2.75) is 0 Å². The average Bonchev–Trinajstić information content (AvgIpc) is 2.46. The molecule has 0 spiro atoms. The van der Waals surface area contributed by atoms with Crippen molar-refractivity contribution in [3.05, 3.63) is 54.1 Å². The molecule has 3 nitrogen and oxygen atoms in total. The molecule has 2 aromatic carbocycles. The Kier molecular flexibility index (Phi) is 3.63. The van der Waals surface area contributed by atoms with Gasteiger partial charge in [-0.05, 0) is 29.3 Å². The third kappa shape index (κ3) is 2.35. The van der Waals surface area contributed by atoms with Crippen LogP contribution in [-0.4, -0.2) is 20.1 Å². The molecule has 0 aliphatic heterocycles. The molecule has 0 saturated heterocycles. The summed E-state index contributed by atoms with van der Waals surface area (Å²) in [7, 11) is 3.24. The van der Waals surface area contributed by atoms with E-state index >= 15 is 0 Å². The van der Waals surface area contributed by atoms with Crippen molar-refractivity contribution in [1.82, 2.24) is 5.32 Å². The van der Waals surface area contributed by atoms with E-state index in [9.17, 15) is 4.79 Å². The normalized spacial score (nSPS) is 9.89. The second-order valence-electron chi connectivity index (χ2n) is 3.86. The minimum atomic E-state index is -0.100. The number of amides is 1. The Morgan fingerprint density at radius 3 is 2.44 bits per heavy atom. The van der Waals surface area contributed by atoms with Crippen LogP contribution in [0.4, 0.5) is 0 Å². The van der Waals surface area contributed by atoms with Gasteiger partial charge in [0, 0.05) is 12.6 Å². The first kappa shape index (κ1) is 12.2. The molecule has 0 saturated carbocycles. The maximum absolute atomic E-state index is 11.9. The fraction of sp³-hybridized carbons (Fsp3) is 0.133. The molecule has 0 radical (unpaired) electrons. The van der Waals surface area contributed by atoms with Gasteiger partial charge in [0.05, 0.1) is 7.11 Å². The summed E-state index contributed by atoms with van der Waals surface area (Å²) in [4.78, 5) is 11.9. The number of benzene rings is 2. The molecule has 2 rings (SSSR count). The fourth-order valence-corrected chi connectivity index (χ4v) is 1.84. The first-order chi connectivity index (χ1) is 8.76. The number of rotatable bonds is 3. The quantitative estimate of drug-likeness (QED) is 0.897. The molecule has 0 aliphatic carbocycles. The van der Waals surface area contributed by atoms with E-state index in [0.29, 0.717) is 5.56 Å². The van der Waals surface area contributed by atoms with E-state index in [0.717, 1.165) is 16.9 Å². The van der Waals surface area contributed by atoms with E-state index in [1.54, 1.807) is 26.3 Å². The van der Waals surface area contributed by atoms with Crippen LogP contribution in [0.25, 0.3) is 11.1 Å². The van der Waals surface area contributed by atoms with E-state index in [-0.39, 0.29) is 5.91 Å². The van der Waals surface area contributed by atoms with Gasteiger partial charge in [-0.25, -0.2) is 0 Å². The molecule has 0 unspecified atom stereocenters. The van der Waals surface area contributed by atoms with Crippen LogP contribution in [0.3, 0.4) is 0 Å². The number of methoxy groups -OCH3 is 1. The van der Waals surface area contributed by atoms with Crippen molar-refractivity contribution in [1.29, 1.82) is 0 Å². The molecular weight excluding hydrogens is 226 g/mol. The Hall–Kier alpha value is -2.29. The lowest BCUT2D eigenvalue weighted by Gasteiger charge is -2.10. The standard InChI is InChI=1S/C15H15NO2/c1-16-15(17)13-9-8-12(18-2)10-14(13)11-6-4-3-5-7-11/h3-10H,1-2H3,(H,16,17). The minimum Gasteiger partial charge on any atom is -0.497 e. The third-order valence-electron chi connectivity index (χ3n) is 2.78. The highest BCUT2D eigenvalue weighted by atomic mass is 16.5. The van der Waals surface area contributed by atoms with Crippen LogP contribution < -0.4 is 10.1 Å². The first-order valence-corrected chi connectivity index (χ1v) is 5.72. The van der Waals surface area contributed by atoms with Crippen LogP contribution in [0.5, 0.6) is 5.75 Å². The Balaban J connectivity index is 2.58. The SMILES string of the molecule is CNC(=O)c1ccc(OC)cc1-c1ccccc1. The average molecular weight is 241 g/mol. The van der Waals surface area contributed by atoms with Gasteiger partial charge in [-0.3, -0.25) is 4.79 Å². The molecule has 92 valence electrons. The van der Waals surface area contributed by atoms with E-state index in [1.807, 2.05) is 36.4 Å². The van der Waals surface area contributed by atoms with Gasteiger partial charge < -0.3 is 10.1 Å². The zero-order chi connectivity index (χ0) is 13.0. The fourth-order valence-electron chi connectivity index (χ4n) is 1.84. The van der Waals surface area contributed by atoms with Crippen molar-refractivity contribution >= 4 is 5.91 Å². The summed E-state index contributed by atoms with van der Waals surface area (Å²) < 4.78 is 5.21. The Morgan fingerprint density at radius 1 is 1.11 bits per heavy atom. The van der Waals surface area contributed by atoms with Gasteiger partial charge in [0.1, 0.15) is 5.75 Å². The van der Waals surface area contributed by atoms with Gasteiger partial charge in [0.15, 0.2) is 0 Å². The molecular formula is C15H15NO2. The van der Waals surface area contributed by atoms with Crippen LogP contribution in [-0.2, 0) is 0 Å². The molecule has 0 aromatic heterocycles. The Morgan fingerprint density at radius 2 is 1.83 bits per heavy atom.